The van der Waals surface area contributed by atoms with Crippen molar-refractivity contribution in [2.45, 2.75) is 12.6 Å². The fraction of sp³-hybridized carbons (Fsp3) is 0.136. The molecule has 10 heteroatoms. The summed E-state index contributed by atoms with van der Waals surface area (Å²) >= 11 is 0. The molecule has 0 aromatic heterocycles. The lowest BCUT2D eigenvalue weighted by Crippen LogP contribution is -2.32. The zero-order chi connectivity index (χ0) is 22.9. The summed E-state index contributed by atoms with van der Waals surface area (Å²) in [5.41, 5.74) is 0.342. The van der Waals surface area contributed by atoms with Gasteiger partial charge in [-0.05, 0) is 54.4 Å². The minimum absolute atomic E-state index is 0.134. The Morgan fingerprint density at radius 2 is 1.62 bits per heavy atom. The van der Waals surface area contributed by atoms with Crippen molar-refractivity contribution in [3.05, 3.63) is 88.0 Å². The van der Waals surface area contributed by atoms with E-state index >= 15 is 0 Å². The lowest BCUT2D eigenvalue weighted by atomic mass is 10.1. The fourth-order valence-corrected chi connectivity index (χ4v) is 3.32. The Labute approximate surface area is 179 Å². The van der Waals surface area contributed by atoms with Crippen LogP contribution in [0.4, 0.5) is 29.3 Å². The molecule has 4 rings (SSSR count). The van der Waals surface area contributed by atoms with Gasteiger partial charge in [0.15, 0.2) is 5.75 Å². The third-order valence-corrected chi connectivity index (χ3v) is 4.84. The minimum Gasteiger partial charge on any atom is -0.455 e. The molecule has 164 valence electrons. The quantitative estimate of drug-likeness (QED) is 0.366. The largest absolute Gasteiger partial charge is 0.455 e. The highest BCUT2D eigenvalue weighted by atomic mass is 19.4. The van der Waals surface area contributed by atoms with E-state index in [9.17, 15) is 28.1 Å². The normalized spacial score (nSPS) is 12.9. The van der Waals surface area contributed by atoms with E-state index in [4.69, 9.17) is 9.47 Å². The number of nitrogens with zero attached hydrogens (tertiary/aromatic N) is 2. The number of non-ortho nitro benzene ring substituents is 1. The molecule has 3 aromatic carbocycles. The second-order valence-corrected chi connectivity index (χ2v) is 6.91. The smallest absolute Gasteiger partial charge is 0.419 e. The third-order valence-electron chi connectivity index (χ3n) is 4.84. The second kappa shape index (κ2) is 8.22. The first-order valence-corrected chi connectivity index (χ1v) is 9.43. The van der Waals surface area contributed by atoms with Crippen molar-refractivity contribution in [1.29, 1.82) is 0 Å². The number of rotatable bonds is 4. The van der Waals surface area contributed by atoms with Crippen LogP contribution in [0.5, 0.6) is 17.2 Å². The Hall–Kier alpha value is -4.08. The standard InChI is InChI=1S/C22H15F3N2O5/c23-22(24,25)15-4-8-17(9-5-15)31-19-3-1-2-14-12-13-26(20(14)19)21(28)32-18-10-6-16(7-11-18)27(29)30/h1-11H,12-13H2. The Bertz CT molecular complexity index is 1160. The highest BCUT2D eigenvalue weighted by Crippen LogP contribution is 2.40. The first-order chi connectivity index (χ1) is 15.2. The number of hydrogen-bond acceptors (Lipinski definition) is 5. The number of benzene rings is 3. The van der Waals surface area contributed by atoms with Gasteiger partial charge in [-0.3, -0.25) is 15.0 Å². The molecule has 1 aliphatic heterocycles. The van der Waals surface area contributed by atoms with Gasteiger partial charge in [0, 0.05) is 18.7 Å². The molecule has 3 aromatic rings. The van der Waals surface area contributed by atoms with Crippen LogP contribution < -0.4 is 14.4 Å². The topological polar surface area (TPSA) is 81.9 Å². The summed E-state index contributed by atoms with van der Waals surface area (Å²) in [7, 11) is 0. The van der Waals surface area contributed by atoms with Crippen molar-refractivity contribution in [2.24, 2.45) is 0 Å². The number of para-hydroxylation sites is 1. The van der Waals surface area contributed by atoms with Gasteiger partial charge < -0.3 is 9.47 Å². The SMILES string of the molecule is O=C(Oc1ccc([N+](=O)[O-])cc1)N1CCc2cccc(Oc3ccc(C(F)(F)F)cc3)c21. The second-order valence-electron chi connectivity index (χ2n) is 6.91. The summed E-state index contributed by atoms with van der Waals surface area (Å²) in [6, 6.07) is 14.5. The lowest BCUT2D eigenvalue weighted by Gasteiger charge is -2.20. The Morgan fingerprint density at radius 1 is 0.969 bits per heavy atom. The van der Waals surface area contributed by atoms with Crippen LogP contribution in [-0.2, 0) is 12.6 Å². The van der Waals surface area contributed by atoms with Gasteiger partial charge in [0.25, 0.3) is 5.69 Å². The molecule has 0 spiro atoms. The van der Waals surface area contributed by atoms with Gasteiger partial charge >= 0.3 is 12.3 Å². The van der Waals surface area contributed by atoms with Crippen LogP contribution in [0.25, 0.3) is 0 Å². The molecule has 32 heavy (non-hydrogen) atoms. The van der Waals surface area contributed by atoms with E-state index in [1.807, 2.05) is 6.07 Å². The van der Waals surface area contributed by atoms with Crippen molar-refractivity contribution in [2.75, 3.05) is 11.4 Å². The maximum Gasteiger partial charge on any atom is 0.419 e. The first-order valence-electron chi connectivity index (χ1n) is 9.43. The number of halogens is 3. The molecule has 1 heterocycles. The first kappa shape index (κ1) is 21.2. The number of nitro groups is 1. The molecule has 0 bridgehead atoms. The van der Waals surface area contributed by atoms with Gasteiger partial charge in [-0.15, -0.1) is 0 Å². The van der Waals surface area contributed by atoms with Gasteiger partial charge in [-0.1, -0.05) is 12.1 Å². The summed E-state index contributed by atoms with van der Waals surface area (Å²) in [5, 5.41) is 10.8. The Kier molecular flexibility index (Phi) is 5.43. The van der Waals surface area contributed by atoms with Gasteiger partial charge in [0.2, 0.25) is 0 Å². The van der Waals surface area contributed by atoms with E-state index < -0.39 is 22.8 Å². The van der Waals surface area contributed by atoms with Crippen molar-refractivity contribution in [3.63, 3.8) is 0 Å². The van der Waals surface area contributed by atoms with Crippen LogP contribution >= 0.6 is 0 Å². The van der Waals surface area contributed by atoms with E-state index in [2.05, 4.69) is 0 Å². The van der Waals surface area contributed by atoms with Gasteiger partial charge in [-0.25, -0.2) is 4.79 Å². The molecule has 7 nitrogen and oxygen atoms in total. The highest BCUT2D eigenvalue weighted by molar-refractivity contribution is 5.94. The summed E-state index contributed by atoms with van der Waals surface area (Å²) in [6.45, 7) is 0.314. The molecular formula is C22H15F3N2O5. The molecule has 0 aliphatic carbocycles. The predicted octanol–water partition coefficient (Wildman–Crippen LogP) is 5.97. The number of nitro benzene ring substituents is 1. The van der Waals surface area contributed by atoms with Crippen molar-refractivity contribution in [3.8, 4) is 17.2 Å². The van der Waals surface area contributed by atoms with Crippen LogP contribution in [0.1, 0.15) is 11.1 Å². The van der Waals surface area contributed by atoms with E-state index in [1.54, 1.807) is 12.1 Å². The average molecular weight is 444 g/mol. The van der Waals surface area contributed by atoms with E-state index in [0.29, 0.717) is 24.4 Å². The zero-order valence-electron chi connectivity index (χ0n) is 16.3. The number of amides is 1. The van der Waals surface area contributed by atoms with Gasteiger partial charge in [0.05, 0.1) is 16.2 Å². The van der Waals surface area contributed by atoms with Crippen molar-refractivity contribution >= 4 is 17.5 Å². The van der Waals surface area contributed by atoms with Crippen LogP contribution in [-0.4, -0.2) is 17.6 Å². The maximum absolute atomic E-state index is 12.8. The molecule has 0 saturated heterocycles. The molecule has 0 atom stereocenters. The number of alkyl halides is 3. The molecular weight excluding hydrogens is 429 g/mol. The molecule has 0 saturated carbocycles. The zero-order valence-corrected chi connectivity index (χ0v) is 16.3. The van der Waals surface area contributed by atoms with E-state index in [0.717, 1.165) is 17.7 Å². The molecule has 1 aliphatic rings. The molecule has 0 fully saturated rings. The van der Waals surface area contributed by atoms with Crippen molar-refractivity contribution < 1.29 is 32.4 Å². The van der Waals surface area contributed by atoms with Crippen molar-refractivity contribution in [1.82, 2.24) is 0 Å². The van der Waals surface area contributed by atoms with Crippen LogP contribution in [0, 0.1) is 10.1 Å². The molecule has 0 radical (unpaired) electrons. The molecule has 1 amide bonds. The molecule has 0 N–H and O–H groups in total. The average Bonchev–Trinajstić information content (AvgIpc) is 3.19. The summed E-state index contributed by atoms with van der Waals surface area (Å²) in [5.74, 6) is 0.609. The third kappa shape index (κ3) is 4.34. The van der Waals surface area contributed by atoms with E-state index in [1.165, 1.54) is 41.3 Å². The molecule has 0 unspecified atom stereocenters. The van der Waals surface area contributed by atoms with Crippen LogP contribution in [0.3, 0.4) is 0 Å². The monoisotopic (exact) mass is 444 g/mol. The number of carbonyl (C=O) groups is 1. The van der Waals surface area contributed by atoms with Gasteiger partial charge in [-0.2, -0.15) is 13.2 Å². The lowest BCUT2D eigenvalue weighted by molar-refractivity contribution is -0.384. The number of anilines is 1. The summed E-state index contributed by atoms with van der Waals surface area (Å²) in [6.07, 6.45) is -4.62. The van der Waals surface area contributed by atoms with Crippen LogP contribution in [0.2, 0.25) is 0 Å². The highest BCUT2D eigenvalue weighted by Gasteiger charge is 2.31. The Balaban J connectivity index is 1.54. The van der Waals surface area contributed by atoms with E-state index in [-0.39, 0.29) is 17.2 Å². The fourth-order valence-electron chi connectivity index (χ4n) is 3.32. The van der Waals surface area contributed by atoms with Crippen LogP contribution in [0.15, 0.2) is 66.7 Å². The van der Waals surface area contributed by atoms with Gasteiger partial charge in [0.1, 0.15) is 11.5 Å². The maximum atomic E-state index is 12.8. The number of ether oxygens (including phenoxy) is 2. The minimum atomic E-state index is -4.45. The summed E-state index contributed by atoms with van der Waals surface area (Å²) in [4.78, 5) is 24.3. The summed E-state index contributed by atoms with van der Waals surface area (Å²) < 4.78 is 49.4. The number of fused-ring (bicyclic) bond motifs is 1. The number of hydrogen-bond donors (Lipinski definition) is 0. The number of carbonyl (C=O) groups excluding carboxylic acids is 1. The predicted molar refractivity (Wildman–Crippen MR) is 108 cm³/mol. The Morgan fingerprint density at radius 3 is 2.25 bits per heavy atom.